The van der Waals surface area contributed by atoms with Crippen molar-refractivity contribution in [3.63, 3.8) is 0 Å². The van der Waals surface area contributed by atoms with Gasteiger partial charge in [-0.25, -0.2) is 4.98 Å². The van der Waals surface area contributed by atoms with Gasteiger partial charge in [0.2, 0.25) is 5.91 Å². The van der Waals surface area contributed by atoms with Crippen LogP contribution in [0.25, 0.3) is 10.9 Å². The fourth-order valence-electron chi connectivity index (χ4n) is 3.07. The molecule has 2 aromatic heterocycles. The predicted molar refractivity (Wildman–Crippen MR) is 125 cm³/mol. The second-order valence-corrected chi connectivity index (χ2v) is 8.83. The van der Waals surface area contributed by atoms with Gasteiger partial charge in [0.25, 0.3) is 5.56 Å². The fourth-order valence-corrected chi connectivity index (χ4v) is 4.56. The van der Waals surface area contributed by atoms with Crippen LogP contribution in [0.1, 0.15) is 22.2 Å². The molecule has 156 valence electrons. The second kappa shape index (κ2) is 9.28. The number of carbonyl (C=O) groups excluding carboxylic acids is 2. The molecule has 0 aliphatic carbocycles. The minimum absolute atomic E-state index is 0.0282. The van der Waals surface area contributed by atoms with Gasteiger partial charge in [0.05, 0.1) is 23.2 Å². The van der Waals surface area contributed by atoms with Crippen molar-refractivity contribution in [2.75, 3.05) is 11.1 Å². The largest absolute Gasteiger partial charge is 0.325 e. The van der Waals surface area contributed by atoms with Crippen LogP contribution < -0.4 is 10.9 Å². The third-order valence-electron chi connectivity index (χ3n) is 4.63. The van der Waals surface area contributed by atoms with Crippen LogP contribution in [0.15, 0.2) is 76.0 Å². The van der Waals surface area contributed by atoms with E-state index in [0.29, 0.717) is 33.9 Å². The van der Waals surface area contributed by atoms with E-state index in [9.17, 15) is 14.4 Å². The highest BCUT2D eigenvalue weighted by Crippen LogP contribution is 2.21. The van der Waals surface area contributed by atoms with Crippen molar-refractivity contribution in [1.82, 2.24) is 9.55 Å². The molecule has 6 nitrogen and oxygen atoms in total. The standard InChI is InChI=1S/C23H19N3O3S2/c1-15(27)16-8-10-17(11-9-16)24-21(28)14-31-23-25-20-7-3-2-6-19(20)22(29)26(23)13-18-5-4-12-30-18/h2-12H,13-14H2,1H3,(H,24,28). The van der Waals surface area contributed by atoms with Crippen LogP contribution in [-0.2, 0) is 11.3 Å². The maximum absolute atomic E-state index is 13.1. The average Bonchev–Trinajstić information content (AvgIpc) is 3.28. The van der Waals surface area contributed by atoms with Gasteiger partial charge in [-0.1, -0.05) is 30.0 Å². The third kappa shape index (κ3) is 4.92. The summed E-state index contributed by atoms with van der Waals surface area (Å²) in [5.74, 6) is -0.144. The number of Topliss-reactive ketones (excluding diaryl/α,β-unsaturated/α-hetero) is 1. The molecule has 0 atom stereocenters. The van der Waals surface area contributed by atoms with Crippen LogP contribution in [0.3, 0.4) is 0 Å². The van der Waals surface area contributed by atoms with Crippen LogP contribution in [0.2, 0.25) is 0 Å². The minimum atomic E-state index is -0.217. The maximum Gasteiger partial charge on any atom is 0.262 e. The number of para-hydroxylation sites is 1. The number of aromatic nitrogens is 2. The molecule has 0 aliphatic heterocycles. The van der Waals surface area contributed by atoms with Crippen molar-refractivity contribution < 1.29 is 9.59 Å². The molecule has 2 heterocycles. The summed E-state index contributed by atoms with van der Waals surface area (Å²) < 4.78 is 1.62. The quantitative estimate of drug-likeness (QED) is 0.256. The summed E-state index contributed by atoms with van der Waals surface area (Å²) in [6.45, 7) is 1.90. The number of hydrogen-bond donors (Lipinski definition) is 1. The van der Waals surface area contributed by atoms with Gasteiger partial charge < -0.3 is 5.32 Å². The van der Waals surface area contributed by atoms with Gasteiger partial charge >= 0.3 is 0 Å². The molecule has 0 saturated carbocycles. The zero-order valence-electron chi connectivity index (χ0n) is 16.7. The Morgan fingerprint density at radius 3 is 2.55 bits per heavy atom. The highest BCUT2D eigenvalue weighted by Gasteiger charge is 2.14. The topological polar surface area (TPSA) is 81.1 Å². The van der Waals surface area contributed by atoms with Gasteiger partial charge in [0, 0.05) is 16.1 Å². The number of thioether (sulfide) groups is 1. The zero-order chi connectivity index (χ0) is 21.8. The number of rotatable bonds is 7. The molecule has 0 bridgehead atoms. The number of hydrogen-bond acceptors (Lipinski definition) is 6. The molecule has 2 aromatic carbocycles. The number of thiophene rings is 1. The molecule has 0 saturated heterocycles. The lowest BCUT2D eigenvalue weighted by Gasteiger charge is -2.12. The molecule has 0 unspecified atom stereocenters. The molecule has 31 heavy (non-hydrogen) atoms. The lowest BCUT2D eigenvalue weighted by molar-refractivity contribution is -0.113. The van der Waals surface area contributed by atoms with Crippen molar-refractivity contribution in [2.24, 2.45) is 0 Å². The van der Waals surface area contributed by atoms with E-state index in [-0.39, 0.29) is 23.0 Å². The molecule has 4 aromatic rings. The Morgan fingerprint density at radius 2 is 1.84 bits per heavy atom. The first-order valence-electron chi connectivity index (χ1n) is 9.57. The molecule has 4 rings (SSSR count). The van der Waals surface area contributed by atoms with Crippen LogP contribution in [0.4, 0.5) is 5.69 Å². The summed E-state index contributed by atoms with van der Waals surface area (Å²) in [5, 5.41) is 5.83. The third-order valence-corrected chi connectivity index (χ3v) is 6.47. The van der Waals surface area contributed by atoms with Crippen molar-refractivity contribution in [1.29, 1.82) is 0 Å². The Balaban J connectivity index is 1.54. The lowest BCUT2D eigenvalue weighted by Crippen LogP contribution is -2.24. The number of anilines is 1. The monoisotopic (exact) mass is 449 g/mol. The molecule has 0 spiro atoms. The summed E-state index contributed by atoms with van der Waals surface area (Å²) in [6.07, 6.45) is 0. The Bertz CT molecular complexity index is 1300. The van der Waals surface area contributed by atoms with E-state index in [1.165, 1.54) is 18.7 Å². The molecular formula is C23H19N3O3S2. The Morgan fingerprint density at radius 1 is 1.06 bits per heavy atom. The Labute approximate surface area is 186 Å². The van der Waals surface area contributed by atoms with Gasteiger partial charge in [-0.05, 0) is 54.8 Å². The summed E-state index contributed by atoms with van der Waals surface area (Å²) in [4.78, 5) is 42.6. The van der Waals surface area contributed by atoms with Crippen LogP contribution in [0, 0.1) is 0 Å². The fraction of sp³-hybridized carbons (Fsp3) is 0.130. The SMILES string of the molecule is CC(=O)c1ccc(NC(=O)CSc2nc3ccccc3c(=O)n2Cc2cccs2)cc1. The van der Waals surface area contributed by atoms with Gasteiger partial charge in [0.1, 0.15) is 0 Å². The highest BCUT2D eigenvalue weighted by atomic mass is 32.2. The van der Waals surface area contributed by atoms with Crippen molar-refractivity contribution >= 4 is 51.4 Å². The average molecular weight is 450 g/mol. The first-order valence-corrected chi connectivity index (χ1v) is 11.4. The van der Waals surface area contributed by atoms with Gasteiger partial charge in [0.15, 0.2) is 10.9 Å². The molecule has 0 aliphatic rings. The summed E-state index contributed by atoms with van der Waals surface area (Å²) in [5.41, 5.74) is 1.68. The first kappa shape index (κ1) is 21.0. The number of fused-ring (bicyclic) bond motifs is 1. The van der Waals surface area contributed by atoms with Crippen molar-refractivity contribution in [3.8, 4) is 0 Å². The van der Waals surface area contributed by atoms with Crippen molar-refractivity contribution in [2.45, 2.75) is 18.6 Å². The number of amides is 1. The summed E-state index contributed by atoms with van der Waals surface area (Å²) >= 11 is 2.79. The van der Waals surface area contributed by atoms with E-state index < -0.39 is 0 Å². The first-order chi connectivity index (χ1) is 15.0. The van der Waals surface area contributed by atoms with Crippen LogP contribution in [-0.4, -0.2) is 27.0 Å². The normalized spacial score (nSPS) is 10.9. The lowest BCUT2D eigenvalue weighted by atomic mass is 10.1. The van der Waals surface area contributed by atoms with E-state index >= 15 is 0 Å². The van der Waals surface area contributed by atoms with Crippen LogP contribution in [0.5, 0.6) is 0 Å². The zero-order valence-corrected chi connectivity index (χ0v) is 18.3. The van der Waals surface area contributed by atoms with E-state index in [2.05, 4.69) is 10.3 Å². The summed E-state index contributed by atoms with van der Waals surface area (Å²) in [7, 11) is 0. The van der Waals surface area contributed by atoms with Crippen LogP contribution >= 0.6 is 23.1 Å². The Hall–Kier alpha value is -3.23. The molecule has 1 amide bonds. The number of nitrogens with one attached hydrogen (secondary N) is 1. The van der Waals surface area contributed by atoms with E-state index in [1.807, 2.05) is 29.6 Å². The second-order valence-electron chi connectivity index (χ2n) is 6.85. The number of nitrogens with zero attached hydrogens (tertiary/aromatic N) is 2. The molecular weight excluding hydrogens is 430 g/mol. The number of carbonyl (C=O) groups is 2. The molecule has 8 heteroatoms. The van der Waals surface area contributed by atoms with Gasteiger partial charge in [-0.2, -0.15) is 0 Å². The maximum atomic E-state index is 13.1. The highest BCUT2D eigenvalue weighted by molar-refractivity contribution is 7.99. The molecule has 0 fully saturated rings. The van der Waals surface area contributed by atoms with E-state index in [1.54, 1.807) is 52.3 Å². The molecule has 1 N–H and O–H groups in total. The Kier molecular flexibility index (Phi) is 6.29. The smallest absolute Gasteiger partial charge is 0.262 e. The van der Waals surface area contributed by atoms with Gasteiger partial charge in [-0.15, -0.1) is 11.3 Å². The molecule has 0 radical (unpaired) electrons. The number of ketones is 1. The van der Waals surface area contributed by atoms with E-state index in [4.69, 9.17) is 0 Å². The predicted octanol–water partition coefficient (Wildman–Crippen LogP) is 4.44. The van der Waals surface area contributed by atoms with Crippen molar-refractivity contribution in [3.05, 3.63) is 86.8 Å². The number of benzene rings is 2. The van der Waals surface area contributed by atoms with E-state index in [0.717, 1.165) is 4.88 Å². The van der Waals surface area contributed by atoms with Gasteiger partial charge in [-0.3, -0.25) is 19.0 Å². The summed E-state index contributed by atoms with van der Waals surface area (Å²) in [6, 6.07) is 17.9. The minimum Gasteiger partial charge on any atom is -0.325 e.